The van der Waals surface area contributed by atoms with E-state index in [4.69, 9.17) is 11.5 Å². The molecule has 1 unspecified atom stereocenters. The van der Waals surface area contributed by atoms with Crippen LogP contribution in [0.4, 0.5) is 4.79 Å². The summed E-state index contributed by atoms with van der Waals surface area (Å²) in [5, 5.41) is 12.0. The quantitative estimate of drug-likeness (QED) is 0.353. The first kappa shape index (κ1) is 9.75. The van der Waals surface area contributed by atoms with Crippen molar-refractivity contribution in [2.45, 2.75) is 5.72 Å². The first-order valence-corrected chi connectivity index (χ1v) is 3.77. The molecule has 0 aromatic rings. The summed E-state index contributed by atoms with van der Waals surface area (Å²) in [6.07, 6.45) is 0. The van der Waals surface area contributed by atoms with E-state index in [0.29, 0.717) is 6.54 Å². The van der Waals surface area contributed by atoms with Gasteiger partial charge in [-0.15, -0.1) is 0 Å². The third-order valence-electron chi connectivity index (χ3n) is 1.94. The molecule has 7 nitrogen and oxygen atoms in total. The van der Waals surface area contributed by atoms with E-state index >= 15 is 0 Å². The Bertz CT molecular complexity index is 244. The number of carbonyl (C=O) groups is 2. The second-order valence-electron chi connectivity index (χ2n) is 2.91. The van der Waals surface area contributed by atoms with Crippen LogP contribution in [-0.4, -0.2) is 47.3 Å². The summed E-state index contributed by atoms with van der Waals surface area (Å²) in [5.41, 5.74) is 8.06. The van der Waals surface area contributed by atoms with E-state index in [-0.39, 0.29) is 13.1 Å². The van der Waals surface area contributed by atoms with Crippen LogP contribution in [-0.2, 0) is 4.79 Å². The van der Waals surface area contributed by atoms with Gasteiger partial charge in [0.05, 0.1) is 6.54 Å². The van der Waals surface area contributed by atoms with Gasteiger partial charge in [0, 0.05) is 13.1 Å². The standard InChI is InChI=1S/C6H12N4O3/c7-4(11)6(13)3-10(5(8)12)2-1-9-6/h9,13H,1-3H2,(H2,7,11)(H2,8,12). The molecule has 1 heterocycles. The lowest BCUT2D eigenvalue weighted by atomic mass is 10.1. The van der Waals surface area contributed by atoms with E-state index in [2.05, 4.69) is 5.32 Å². The van der Waals surface area contributed by atoms with Crippen LogP contribution in [0.15, 0.2) is 0 Å². The van der Waals surface area contributed by atoms with Crippen LogP contribution in [0.1, 0.15) is 0 Å². The molecule has 0 aliphatic carbocycles. The van der Waals surface area contributed by atoms with Crippen molar-refractivity contribution in [2.75, 3.05) is 19.6 Å². The van der Waals surface area contributed by atoms with Crippen molar-refractivity contribution < 1.29 is 14.7 Å². The van der Waals surface area contributed by atoms with Crippen molar-refractivity contribution in [2.24, 2.45) is 11.5 Å². The van der Waals surface area contributed by atoms with Crippen molar-refractivity contribution in [3.8, 4) is 0 Å². The van der Waals surface area contributed by atoms with Crippen LogP contribution in [0.5, 0.6) is 0 Å². The molecule has 3 amide bonds. The number of nitrogens with two attached hydrogens (primary N) is 2. The molecule has 1 saturated heterocycles. The number of nitrogens with zero attached hydrogens (tertiary/aromatic N) is 1. The Labute approximate surface area is 74.7 Å². The second kappa shape index (κ2) is 3.19. The summed E-state index contributed by atoms with van der Waals surface area (Å²) in [5.74, 6) is -0.918. The molecule has 0 aromatic carbocycles. The topological polar surface area (TPSA) is 122 Å². The molecule has 0 aromatic heterocycles. The molecule has 1 rings (SSSR count). The SMILES string of the molecule is NC(=O)N1CCNC(O)(C(N)=O)C1. The third kappa shape index (κ3) is 1.87. The Morgan fingerprint density at radius 2 is 2.08 bits per heavy atom. The zero-order valence-corrected chi connectivity index (χ0v) is 6.99. The molecule has 0 spiro atoms. The number of hydrogen-bond acceptors (Lipinski definition) is 4. The Morgan fingerprint density at radius 1 is 1.46 bits per heavy atom. The van der Waals surface area contributed by atoms with Gasteiger partial charge in [-0.3, -0.25) is 10.1 Å². The maximum absolute atomic E-state index is 10.8. The van der Waals surface area contributed by atoms with Crippen LogP contribution in [0.3, 0.4) is 0 Å². The predicted molar refractivity (Wildman–Crippen MR) is 43.3 cm³/mol. The van der Waals surface area contributed by atoms with Gasteiger partial charge in [-0.1, -0.05) is 0 Å². The summed E-state index contributed by atoms with van der Waals surface area (Å²) < 4.78 is 0. The predicted octanol–water partition coefficient (Wildman–Crippen LogP) is -2.86. The molecule has 0 radical (unpaired) electrons. The highest BCUT2D eigenvalue weighted by molar-refractivity contribution is 5.84. The van der Waals surface area contributed by atoms with Crippen LogP contribution in [0.2, 0.25) is 0 Å². The summed E-state index contributed by atoms with van der Waals surface area (Å²) in [7, 11) is 0. The normalized spacial score (nSPS) is 28.5. The first-order valence-electron chi connectivity index (χ1n) is 3.77. The minimum atomic E-state index is -1.85. The van der Waals surface area contributed by atoms with Crippen molar-refractivity contribution in [1.82, 2.24) is 10.2 Å². The monoisotopic (exact) mass is 188 g/mol. The van der Waals surface area contributed by atoms with Crippen molar-refractivity contribution in [3.63, 3.8) is 0 Å². The Balaban J connectivity index is 2.71. The smallest absolute Gasteiger partial charge is 0.314 e. The van der Waals surface area contributed by atoms with Gasteiger partial charge in [0.25, 0.3) is 5.91 Å². The van der Waals surface area contributed by atoms with Crippen LogP contribution >= 0.6 is 0 Å². The minimum Gasteiger partial charge on any atom is -0.366 e. The Kier molecular flexibility index (Phi) is 2.39. The zero-order chi connectivity index (χ0) is 10.1. The highest BCUT2D eigenvalue weighted by atomic mass is 16.3. The van der Waals surface area contributed by atoms with Gasteiger partial charge in [-0.25, -0.2) is 4.79 Å². The third-order valence-corrected chi connectivity index (χ3v) is 1.94. The number of amides is 3. The molecule has 1 aliphatic heterocycles. The Morgan fingerprint density at radius 3 is 2.54 bits per heavy atom. The highest BCUT2D eigenvalue weighted by Crippen LogP contribution is 2.07. The van der Waals surface area contributed by atoms with Gasteiger partial charge in [0.1, 0.15) is 0 Å². The molecule has 6 N–H and O–H groups in total. The minimum absolute atomic E-state index is 0.211. The molecule has 0 bridgehead atoms. The molecule has 0 saturated carbocycles. The highest BCUT2D eigenvalue weighted by Gasteiger charge is 2.39. The fourth-order valence-electron chi connectivity index (χ4n) is 1.16. The van der Waals surface area contributed by atoms with Gasteiger partial charge in [0.15, 0.2) is 0 Å². The average molecular weight is 188 g/mol. The summed E-state index contributed by atoms with van der Waals surface area (Å²) in [6, 6.07) is -0.679. The zero-order valence-electron chi connectivity index (χ0n) is 6.99. The summed E-state index contributed by atoms with van der Waals surface area (Å²) in [6.45, 7) is 0.422. The summed E-state index contributed by atoms with van der Waals surface area (Å²) >= 11 is 0. The number of aliphatic hydroxyl groups is 1. The Hall–Kier alpha value is -1.34. The van der Waals surface area contributed by atoms with E-state index < -0.39 is 17.7 Å². The fourth-order valence-corrected chi connectivity index (χ4v) is 1.16. The molecular formula is C6H12N4O3. The average Bonchev–Trinajstić information content (AvgIpc) is 2.04. The lowest BCUT2D eigenvalue weighted by Crippen LogP contribution is -2.67. The lowest BCUT2D eigenvalue weighted by Gasteiger charge is -2.36. The molecule has 13 heavy (non-hydrogen) atoms. The summed E-state index contributed by atoms with van der Waals surface area (Å²) in [4.78, 5) is 22.7. The van der Waals surface area contributed by atoms with E-state index in [1.165, 1.54) is 0 Å². The van der Waals surface area contributed by atoms with Crippen LogP contribution < -0.4 is 16.8 Å². The number of piperazine rings is 1. The number of β-amino-alcohol motifs (C(OH)–C–C–N with tert-alkyl or cyclic N) is 1. The van der Waals surface area contributed by atoms with Gasteiger partial charge in [-0.05, 0) is 0 Å². The van der Waals surface area contributed by atoms with E-state index in [9.17, 15) is 14.7 Å². The van der Waals surface area contributed by atoms with Gasteiger partial charge in [0.2, 0.25) is 5.72 Å². The molecular weight excluding hydrogens is 176 g/mol. The van der Waals surface area contributed by atoms with Gasteiger partial charge in [-0.2, -0.15) is 0 Å². The van der Waals surface area contributed by atoms with Crippen molar-refractivity contribution in [3.05, 3.63) is 0 Å². The van der Waals surface area contributed by atoms with E-state index in [0.717, 1.165) is 4.90 Å². The fraction of sp³-hybridized carbons (Fsp3) is 0.667. The second-order valence-corrected chi connectivity index (χ2v) is 2.91. The number of nitrogens with one attached hydrogen (secondary N) is 1. The molecule has 1 aliphatic rings. The number of rotatable bonds is 1. The van der Waals surface area contributed by atoms with Crippen molar-refractivity contribution >= 4 is 11.9 Å². The molecule has 7 heteroatoms. The molecule has 74 valence electrons. The number of hydrogen-bond donors (Lipinski definition) is 4. The van der Waals surface area contributed by atoms with E-state index in [1.807, 2.05) is 0 Å². The maximum atomic E-state index is 10.8. The number of urea groups is 1. The maximum Gasteiger partial charge on any atom is 0.314 e. The largest absolute Gasteiger partial charge is 0.366 e. The number of primary amides is 2. The van der Waals surface area contributed by atoms with Crippen LogP contribution in [0.25, 0.3) is 0 Å². The van der Waals surface area contributed by atoms with Crippen molar-refractivity contribution in [1.29, 1.82) is 0 Å². The molecule has 1 fully saturated rings. The molecule has 1 atom stereocenters. The number of carbonyl (C=O) groups excluding carboxylic acids is 2. The van der Waals surface area contributed by atoms with Gasteiger partial charge < -0.3 is 21.5 Å². The van der Waals surface area contributed by atoms with Crippen LogP contribution in [0, 0.1) is 0 Å². The van der Waals surface area contributed by atoms with E-state index in [1.54, 1.807) is 0 Å². The first-order chi connectivity index (χ1) is 5.96. The van der Waals surface area contributed by atoms with Gasteiger partial charge >= 0.3 is 6.03 Å². The lowest BCUT2D eigenvalue weighted by molar-refractivity contribution is -0.143.